The molecule has 0 aliphatic carbocycles. The summed E-state index contributed by atoms with van der Waals surface area (Å²) in [7, 11) is 1.85. The summed E-state index contributed by atoms with van der Waals surface area (Å²) in [6, 6.07) is 0. The molecular weight excluding hydrogens is 344 g/mol. The maximum Gasteiger partial charge on any atom is 0.194 e. The Balaban J connectivity index is 1.20. The molecule has 150 valence electrons. The number of aliphatic imine (C=N–C) groups is 1. The van der Waals surface area contributed by atoms with Crippen molar-refractivity contribution < 1.29 is 9.47 Å². The molecule has 0 amide bonds. The Bertz CT molecular complexity index is 632. The summed E-state index contributed by atoms with van der Waals surface area (Å²) in [4.78, 5) is 6.78. The van der Waals surface area contributed by atoms with Crippen LogP contribution in [0.25, 0.3) is 0 Å². The van der Waals surface area contributed by atoms with Crippen molar-refractivity contribution in [2.24, 2.45) is 4.99 Å². The molecule has 1 N–H and O–H groups in total. The van der Waals surface area contributed by atoms with E-state index in [1.165, 1.54) is 19.3 Å². The summed E-state index contributed by atoms with van der Waals surface area (Å²) < 4.78 is 14.1. The second-order valence-electron chi connectivity index (χ2n) is 7.70. The predicted octanol–water partition coefficient (Wildman–Crippen LogP) is 1.35. The van der Waals surface area contributed by atoms with Crippen LogP contribution in [0, 0.1) is 0 Å². The van der Waals surface area contributed by atoms with Gasteiger partial charge in [0.15, 0.2) is 11.8 Å². The van der Waals surface area contributed by atoms with Gasteiger partial charge in [-0.05, 0) is 38.5 Å². The van der Waals surface area contributed by atoms with Gasteiger partial charge in [0, 0.05) is 39.7 Å². The molecule has 3 aliphatic heterocycles. The zero-order valence-electron chi connectivity index (χ0n) is 16.4. The monoisotopic (exact) mass is 376 g/mol. The van der Waals surface area contributed by atoms with Crippen LogP contribution in [-0.2, 0) is 29.0 Å². The number of ether oxygens (including phenoxy) is 2. The van der Waals surface area contributed by atoms with E-state index in [0.29, 0.717) is 18.8 Å². The molecule has 2 fully saturated rings. The highest BCUT2D eigenvalue weighted by molar-refractivity contribution is 5.79. The van der Waals surface area contributed by atoms with Crippen LogP contribution in [0.1, 0.15) is 50.2 Å². The van der Waals surface area contributed by atoms with Gasteiger partial charge in [-0.2, -0.15) is 0 Å². The molecule has 0 radical (unpaired) electrons. The van der Waals surface area contributed by atoms with Gasteiger partial charge in [-0.3, -0.25) is 4.99 Å². The first-order valence-corrected chi connectivity index (χ1v) is 10.4. The molecule has 27 heavy (non-hydrogen) atoms. The average Bonchev–Trinajstić information content (AvgIpc) is 3.33. The molecule has 1 aromatic rings. The van der Waals surface area contributed by atoms with Crippen molar-refractivity contribution >= 4 is 5.96 Å². The van der Waals surface area contributed by atoms with Gasteiger partial charge < -0.3 is 24.3 Å². The van der Waals surface area contributed by atoms with Crippen LogP contribution >= 0.6 is 0 Å². The number of rotatable bonds is 5. The summed E-state index contributed by atoms with van der Waals surface area (Å²) in [6.07, 6.45) is 8.53. The number of fused-ring (bicyclic) bond motifs is 1. The van der Waals surface area contributed by atoms with Gasteiger partial charge in [0.25, 0.3) is 0 Å². The Morgan fingerprint density at radius 2 is 2.07 bits per heavy atom. The van der Waals surface area contributed by atoms with E-state index in [1.54, 1.807) is 0 Å². The number of aryl methyl sites for hydroxylation is 1. The molecular formula is C19H32N6O2. The first kappa shape index (κ1) is 18.7. The molecule has 8 nitrogen and oxygen atoms in total. The first-order valence-electron chi connectivity index (χ1n) is 10.4. The molecule has 1 atom stereocenters. The summed E-state index contributed by atoms with van der Waals surface area (Å²) in [5.74, 6) is 3.07. The van der Waals surface area contributed by atoms with E-state index < -0.39 is 0 Å². The Morgan fingerprint density at radius 1 is 1.19 bits per heavy atom. The van der Waals surface area contributed by atoms with Crippen LogP contribution in [0.4, 0.5) is 0 Å². The van der Waals surface area contributed by atoms with Gasteiger partial charge in [0.2, 0.25) is 0 Å². The second kappa shape index (κ2) is 9.01. The fraction of sp³-hybridized carbons (Fsp3) is 0.842. The summed E-state index contributed by atoms with van der Waals surface area (Å²) in [5.41, 5.74) is 0. The van der Waals surface area contributed by atoms with Gasteiger partial charge in [0.1, 0.15) is 5.82 Å². The Morgan fingerprint density at radius 3 is 2.85 bits per heavy atom. The fourth-order valence-corrected chi connectivity index (χ4v) is 4.25. The fourth-order valence-electron chi connectivity index (χ4n) is 4.25. The highest BCUT2D eigenvalue weighted by atomic mass is 16.5. The molecule has 2 saturated heterocycles. The van der Waals surface area contributed by atoms with E-state index in [1.807, 2.05) is 7.05 Å². The van der Waals surface area contributed by atoms with E-state index in [-0.39, 0.29) is 0 Å². The van der Waals surface area contributed by atoms with Crippen LogP contribution < -0.4 is 5.32 Å². The van der Waals surface area contributed by atoms with Crippen LogP contribution in [0.2, 0.25) is 0 Å². The van der Waals surface area contributed by atoms with E-state index in [9.17, 15) is 0 Å². The number of likely N-dealkylation sites (tertiary alicyclic amines) is 1. The zero-order valence-corrected chi connectivity index (χ0v) is 16.4. The average molecular weight is 377 g/mol. The number of piperidine rings is 1. The van der Waals surface area contributed by atoms with Crippen molar-refractivity contribution in [2.45, 2.75) is 70.2 Å². The Labute approximate surface area is 161 Å². The number of aromatic nitrogens is 3. The summed E-state index contributed by atoms with van der Waals surface area (Å²) in [6.45, 7) is 5.28. The van der Waals surface area contributed by atoms with Gasteiger partial charge in [0.05, 0.1) is 25.4 Å². The predicted molar refractivity (Wildman–Crippen MR) is 103 cm³/mol. The van der Waals surface area contributed by atoms with Crippen LogP contribution in [0.5, 0.6) is 0 Å². The smallest absolute Gasteiger partial charge is 0.194 e. The Kier molecular flexibility index (Phi) is 6.24. The molecule has 8 heteroatoms. The lowest BCUT2D eigenvalue weighted by atomic mass is 10.1. The van der Waals surface area contributed by atoms with E-state index in [2.05, 4.69) is 30.0 Å². The van der Waals surface area contributed by atoms with Crippen molar-refractivity contribution in [3.63, 3.8) is 0 Å². The SMILES string of the molecule is CN=C(NCc1nnc2n1CCC2)N1CCC(OCC2CCCCO2)CC1. The highest BCUT2D eigenvalue weighted by Crippen LogP contribution is 2.18. The van der Waals surface area contributed by atoms with Crippen molar-refractivity contribution in [1.29, 1.82) is 0 Å². The molecule has 0 bridgehead atoms. The first-order chi connectivity index (χ1) is 13.3. The molecule has 4 rings (SSSR count). The minimum Gasteiger partial charge on any atom is -0.376 e. The maximum absolute atomic E-state index is 6.12. The van der Waals surface area contributed by atoms with Crippen LogP contribution in [-0.4, -0.2) is 71.2 Å². The third-order valence-corrected chi connectivity index (χ3v) is 5.84. The summed E-state index contributed by atoms with van der Waals surface area (Å²) in [5, 5.41) is 12.1. The maximum atomic E-state index is 6.12. The molecule has 4 heterocycles. The lowest BCUT2D eigenvalue weighted by Crippen LogP contribution is -2.47. The van der Waals surface area contributed by atoms with Crippen molar-refractivity contribution in [1.82, 2.24) is 25.0 Å². The largest absolute Gasteiger partial charge is 0.376 e. The minimum absolute atomic E-state index is 0.302. The number of hydrogen-bond acceptors (Lipinski definition) is 5. The van der Waals surface area contributed by atoms with Crippen molar-refractivity contribution in [3.8, 4) is 0 Å². The van der Waals surface area contributed by atoms with Crippen molar-refractivity contribution in [3.05, 3.63) is 11.6 Å². The number of hydrogen-bond donors (Lipinski definition) is 1. The summed E-state index contributed by atoms with van der Waals surface area (Å²) >= 11 is 0. The van der Waals surface area contributed by atoms with Gasteiger partial charge in [-0.25, -0.2) is 0 Å². The number of nitrogens with one attached hydrogen (secondary N) is 1. The van der Waals surface area contributed by atoms with Crippen molar-refractivity contribution in [2.75, 3.05) is 33.4 Å². The lowest BCUT2D eigenvalue weighted by Gasteiger charge is -2.35. The Hall–Kier alpha value is -1.67. The van der Waals surface area contributed by atoms with Gasteiger partial charge in [-0.15, -0.1) is 10.2 Å². The molecule has 0 aromatic carbocycles. The third kappa shape index (κ3) is 4.60. The topological polar surface area (TPSA) is 76.8 Å². The molecule has 1 unspecified atom stereocenters. The zero-order chi connectivity index (χ0) is 18.5. The van der Waals surface area contributed by atoms with E-state index in [4.69, 9.17) is 9.47 Å². The molecule has 1 aromatic heterocycles. The van der Waals surface area contributed by atoms with Crippen LogP contribution in [0.3, 0.4) is 0 Å². The molecule has 0 spiro atoms. The van der Waals surface area contributed by atoms with E-state index in [0.717, 1.165) is 76.1 Å². The van der Waals surface area contributed by atoms with Gasteiger partial charge >= 0.3 is 0 Å². The van der Waals surface area contributed by atoms with Gasteiger partial charge in [-0.1, -0.05) is 0 Å². The van der Waals surface area contributed by atoms with Crippen LogP contribution in [0.15, 0.2) is 4.99 Å². The standard InChI is InChI=1S/C19H32N6O2/c1-20-19(21-13-18-23-22-17-6-4-9-25(17)18)24-10-7-15(8-11-24)27-14-16-5-2-3-12-26-16/h15-16H,2-14H2,1H3,(H,20,21). The second-order valence-corrected chi connectivity index (χ2v) is 7.70. The molecule has 0 saturated carbocycles. The highest BCUT2D eigenvalue weighted by Gasteiger charge is 2.24. The number of nitrogens with zero attached hydrogens (tertiary/aromatic N) is 5. The normalized spacial score (nSPS) is 24.3. The quantitative estimate of drug-likeness (QED) is 0.617. The van der Waals surface area contributed by atoms with E-state index >= 15 is 0 Å². The molecule has 3 aliphatic rings. The third-order valence-electron chi connectivity index (χ3n) is 5.84. The number of guanidine groups is 1. The lowest BCUT2D eigenvalue weighted by molar-refractivity contribution is -0.0721. The minimum atomic E-state index is 0.302.